The van der Waals surface area contributed by atoms with Crippen molar-refractivity contribution in [3.63, 3.8) is 0 Å². The molecule has 4 nitrogen and oxygen atoms in total. The number of nitrogens with two attached hydrogens (primary N) is 1. The molecule has 0 bridgehead atoms. The van der Waals surface area contributed by atoms with E-state index < -0.39 is 0 Å². The number of hydrogen-bond acceptors (Lipinski definition) is 3. The van der Waals surface area contributed by atoms with E-state index in [1.54, 1.807) is 30.1 Å². The first-order valence-electron chi connectivity index (χ1n) is 6.41. The fourth-order valence-corrected chi connectivity index (χ4v) is 2.46. The van der Waals surface area contributed by atoms with E-state index >= 15 is 0 Å². The number of ether oxygens (including phenoxy) is 1. The number of likely N-dealkylation sites (N-methyl/N-ethyl adjacent to an activating group) is 1. The Morgan fingerprint density at radius 2 is 2.26 bits per heavy atom. The van der Waals surface area contributed by atoms with Gasteiger partial charge in [-0.25, -0.2) is 0 Å². The molecular weight excluding hydrogens is 264 g/mol. The van der Waals surface area contributed by atoms with Gasteiger partial charge in [0.05, 0.1) is 6.10 Å². The Hall–Kier alpha value is -1.26. The number of benzene rings is 1. The van der Waals surface area contributed by atoms with Crippen molar-refractivity contribution in [1.29, 1.82) is 0 Å². The molecule has 1 saturated heterocycles. The van der Waals surface area contributed by atoms with Gasteiger partial charge >= 0.3 is 0 Å². The fourth-order valence-electron chi connectivity index (χ4n) is 2.28. The summed E-state index contributed by atoms with van der Waals surface area (Å²) in [7, 11) is 1.76. The third-order valence-corrected chi connectivity index (χ3v) is 3.73. The lowest BCUT2D eigenvalue weighted by atomic mass is 10.1. The molecule has 0 spiro atoms. The number of hydrogen-bond donors (Lipinski definition) is 1. The summed E-state index contributed by atoms with van der Waals surface area (Å²) >= 11 is 6.10. The molecule has 0 aromatic heterocycles. The van der Waals surface area contributed by atoms with Crippen molar-refractivity contribution in [2.75, 3.05) is 12.8 Å². The molecule has 2 atom stereocenters. The molecule has 1 heterocycles. The maximum absolute atomic E-state index is 12.2. The van der Waals surface area contributed by atoms with Gasteiger partial charge in [-0.3, -0.25) is 4.79 Å². The number of halogens is 1. The highest BCUT2D eigenvalue weighted by atomic mass is 35.5. The second-order valence-corrected chi connectivity index (χ2v) is 5.47. The zero-order valence-corrected chi connectivity index (χ0v) is 12.0. The van der Waals surface area contributed by atoms with Crippen LogP contribution in [-0.2, 0) is 16.1 Å². The van der Waals surface area contributed by atoms with E-state index in [4.69, 9.17) is 22.1 Å². The number of nitrogens with zero attached hydrogens (tertiary/aromatic N) is 1. The Bertz CT molecular complexity index is 479. The summed E-state index contributed by atoms with van der Waals surface area (Å²) in [6.45, 7) is 2.43. The Morgan fingerprint density at radius 1 is 1.53 bits per heavy atom. The molecule has 2 rings (SSSR count). The van der Waals surface area contributed by atoms with Crippen LogP contribution in [0.3, 0.4) is 0 Å². The normalized spacial score (nSPS) is 22.5. The Balaban J connectivity index is 2.02. The van der Waals surface area contributed by atoms with Crippen LogP contribution in [0.5, 0.6) is 0 Å². The van der Waals surface area contributed by atoms with E-state index in [0.29, 0.717) is 17.3 Å². The lowest BCUT2D eigenvalue weighted by Gasteiger charge is -2.21. The molecule has 0 aliphatic carbocycles. The van der Waals surface area contributed by atoms with Crippen molar-refractivity contribution < 1.29 is 9.53 Å². The molecular formula is C14H19ClN2O2. The molecule has 19 heavy (non-hydrogen) atoms. The number of carbonyl (C=O) groups is 1. The topological polar surface area (TPSA) is 55.6 Å². The predicted molar refractivity (Wildman–Crippen MR) is 75.9 cm³/mol. The summed E-state index contributed by atoms with van der Waals surface area (Å²) in [5.41, 5.74) is 7.23. The molecule has 1 amide bonds. The average molecular weight is 283 g/mol. The van der Waals surface area contributed by atoms with Crippen LogP contribution in [0.25, 0.3) is 0 Å². The molecule has 1 aliphatic heterocycles. The molecule has 5 heteroatoms. The monoisotopic (exact) mass is 282 g/mol. The average Bonchev–Trinajstić information content (AvgIpc) is 2.79. The Labute approximate surface area is 118 Å². The standard InChI is InChI=1S/C14H19ClN2O2/c1-9-3-6-13(19-9)14(18)17(2)8-10-7-11(16)4-5-12(10)15/h4-5,7,9,13H,3,6,8,16H2,1-2H3. The maximum Gasteiger partial charge on any atom is 0.251 e. The summed E-state index contributed by atoms with van der Waals surface area (Å²) in [6.07, 6.45) is 1.57. The third-order valence-electron chi connectivity index (χ3n) is 3.36. The van der Waals surface area contributed by atoms with Gasteiger partial charge in [0.15, 0.2) is 0 Å². The smallest absolute Gasteiger partial charge is 0.251 e. The Kier molecular flexibility index (Phi) is 4.32. The number of amides is 1. The highest BCUT2D eigenvalue weighted by Gasteiger charge is 2.30. The quantitative estimate of drug-likeness (QED) is 0.867. The van der Waals surface area contributed by atoms with Crippen LogP contribution in [-0.4, -0.2) is 30.1 Å². The molecule has 1 aromatic carbocycles. The van der Waals surface area contributed by atoms with Crippen LogP contribution < -0.4 is 5.73 Å². The SMILES string of the molecule is CC1CCC(C(=O)N(C)Cc2cc(N)ccc2Cl)O1. The molecule has 0 radical (unpaired) electrons. The first-order chi connectivity index (χ1) is 8.97. The minimum absolute atomic E-state index is 0.00263. The van der Waals surface area contributed by atoms with E-state index in [9.17, 15) is 4.79 Å². The molecule has 1 aliphatic rings. The van der Waals surface area contributed by atoms with Crippen molar-refractivity contribution in [3.05, 3.63) is 28.8 Å². The summed E-state index contributed by atoms with van der Waals surface area (Å²) in [6, 6.07) is 5.29. The number of anilines is 1. The van der Waals surface area contributed by atoms with E-state index in [-0.39, 0.29) is 18.1 Å². The van der Waals surface area contributed by atoms with Gasteiger partial charge in [-0.2, -0.15) is 0 Å². The largest absolute Gasteiger partial charge is 0.399 e. The summed E-state index contributed by atoms with van der Waals surface area (Å²) < 4.78 is 5.59. The van der Waals surface area contributed by atoms with Gasteiger partial charge in [-0.15, -0.1) is 0 Å². The summed E-state index contributed by atoms with van der Waals surface area (Å²) in [5, 5.41) is 0.620. The Morgan fingerprint density at radius 3 is 2.89 bits per heavy atom. The summed E-state index contributed by atoms with van der Waals surface area (Å²) in [4.78, 5) is 13.9. The highest BCUT2D eigenvalue weighted by molar-refractivity contribution is 6.31. The molecule has 2 N–H and O–H groups in total. The second-order valence-electron chi connectivity index (χ2n) is 5.06. The second kappa shape index (κ2) is 5.80. The van der Waals surface area contributed by atoms with Gasteiger partial charge in [-0.1, -0.05) is 11.6 Å². The van der Waals surface area contributed by atoms with Gasteiger partial charge in [-0.05, 0) is 43.5 Å². The van der Waals surface area contributed by atoms with Gasteiger partial charge in [0.1, 0.15) is 6.10 Å². The van der Waals surface area contributed by atoms with Crippen LogP contribution in [0, 0.1) is 0 Å². The van der Waals surface area contributed by atoms with E-state index in [1.165, 1.54) is 0 Å². The van der Waals surface area contributed by atoms with Crippen LogP contribution in [0.15, 0.2) is 18.2 Å². The van der Waals surface area contributed by atoms with E-state index in [0.717, 1.165) is 18.4 Å². The van der Waals surface area contributed by atoms with E-state index in [2.05, 4.69) is 0 Å². The fraction of sp³-hybridized carbons (Fsp3) is 0.500. The number of rotatable bonds is 3. The molecule has 2 unspecified atom stereocenters. The van der Waals surface area contributed by atoms with Gasteiger partial charge < -0.3 is 15.4 Å². The van der Waals surface area contributed by atoms with Crippen molar-refractivity contribution in [3.8, 4) is 0 Å². The molecule has 1 fully saturated rings. The zero-order valence-electron chi connectivity index (χ0n) is 11.2. The number of carbonyl (C=O) groups excluding carboxylic acids is 1. The van der Waals surface area contributed by atoms with Gasteiger partial charge in [0.2, 0.25) is 0 Å². The minimum Gasteiger partial charge on any atom is -0.399 e. The van der Waals surface area contributed by atoms with Crippen LogP contribution >= 0.6 is 11.6 Å². The lowest BCUT2D eigenvalue weighted by Crippen LogP contribution is -2.36. The van der Waals surface area contributed by atoms with Crippen molar-refractivity contribution in [2.45, 2.75) is 38.5 Å². The van der Waals surface area contributed by atoms with E-state index in [1.807, 2.05) is 6.92 Å². The third kappa shape index (κ3) is 3.39. The zero-order chi connectivity index (χ0) is 14.0. The van der Waals surface area contributed by atoms with Crippen molar-refractivity contribution in [1.82, 2.24) is 4.90 Å². The first-order valence-corrected chi connectivity index (χ1v) is 6.79. The van der Waals surface area contributed by atoms with Crippen LogP contribution in [0.2, 0.25) is 5.02 Å². The predicted octanol–water partition coefficient (Wildman–Crippen LogP) is 2.45. The van der Waals surface area contributed by atoms with Gasteiger partial charge in [0, 0.05) is 24.3 Å². The number of nitrogen functional groups attached to an aromatic ring is 1. The highest BCUT2D eigenvalue weighted by Crippen LogP contribution is 2.23. The molecule has 104 valence electrons. The summed E-state index contributed by atoms with van der Waals surface area (Å²) in [5.74, 6) is 0.00263. The van der Waals surface area contributed by atoms with Crippen molar-refractivity contribution >= 4 is 23.2 Å². The first kappa shape index (κ1) is 14.2. The van der Waals surface area contributed by atoms with Crippen molar-refractivity contribution in [2.24, 2.45) is 0 Å². The minimum atomic E-state index is -0.320. The molecule has 0 saturated carbocycles. The molecule has 1 aromatic rings. The van der Waals surface area contributed by atoms with Gasteiger partial charge in [0.25, 0.3) is 5.91 Å². The lowest BCUT2D eigenvalue weighted by molar-refractivity contribution is -0.141. The van der Waals surface area contributed by atoms with Crippen LogP contribution in [0.1, 0.15) is 25.3 Å². The van der Waals surface area contributed by atoms with Crippen LogP contribution in [0.4, 0.5) is 5.69 Å². The maximum atomic E-state index is 12.2.